The molecule has 0 aliphatic rings. The Morgan fingerprint density at radius 1 is 1.28 bits per heavy atom. The molecule has 4 nitrogen and oxygen atoms in total. The number of H-pyrrole nitrogens is 1. The molecule has 0 atom stereocenters. The average Bonchev–Trinajstić information content (AvgIpc) is 2.79. The molecule has 3 rings (SSSR count). The SMILES string of the molecule is Cc1ccc(F)c(-c2nc(Cl)nc3nc[nH]c23)c1. The number of imidazole rings is 1. The zero-order chi connectivity index (χ0) is 12.7. The molecule has 0 radical (unpaired) electrons. The highest BCUT2D eigenvalue weighted by molar-refractivity contribution is 6.28. The van der Waals surface area contributed by atoms with Crippen LogP contribution < -0.4 is 0 Å². The highest BCUT2D eigenvalue weighted by Crippen LogP contribution is 2.28. The molecule has 90 valence electrons. The number of aromatic nitrogens is 4. The van der Waals surface area contributed by atoms with Gasteiger partial charge in [-0.2, -0.15) is 4.98 Å². The molecule has 0 saturated carbocycles. The molecule has 0 saturated heterocycles. The maximum atomic E-state index is 13.9. The van der Waals surface area contributed by atoms with Crippen LogP contribution in [0.5, 0.6) is 0 Å². The van der Waals surface area contributed by atoms with Crippen molar-refractivity contribution in [1.82, 2.24) is 19.9 Å². The van der Waals surface area contributed by atoms with Crippen molar-refractivity contribution >= 4 is 22.8 Å². The van der Waals surface area contributed by atoms with Crippen LogP contribution in [0.2, 0.25) is 5.28 Å². The number of nitrogens with zero attached hydrogens (tertiary/aromatic N) is 3. The van der Waals surface area contributed by atoms with Crippen LogP contribution in [0.4, 0.5) is 4.39 Å². The molecule has 1 aromatic carbocycles. The highest BCUT2D eigenvalue weighted by Gasteiger charge is 2.14. The van der Waals surface area contributed by atoms with E-state index in [1.54, 1.807) is 12.1 Å². The van der Waals surface area contributed by atoms with Gasteiger partial charge in [0.2, 0.25) is 5.28 Å². The first-order valence-electron chi connectivity index (χ1n) is 5.28. The van der Waals surface area contributed by atoms with Gasteiger partial charge in [0.1, 0.15) is 17.0 Å². The van der Waals surface area contributed by atoms with Gasteiger partial charge in [-0.1, -0.05) is 11.6 Å². The van der Waals surface area contributed by atoms with Crippen molar-refractivity contribution in [3.63, 3.8) is 0 Å². The van der Waals surface area contributed by atoms with Crippen molar-refractivity contribution < 1.29 is 4.39 Å². The summed E-state index contributed by atoms with van der Waals surface area (Å²) in [6.07, 6.45) is 1.48. The first-order chi connectivity index (χ1) is 8.65. The molecular formula is C12H8ClFN4. The van der Waals surface area contributed by atoms with Gasteiger partial charge in [0, 0.05) is 5.56 Å². The number of hydrogen-bond donors (Lipinski definition) is 1. The number of rotatable bonds is 1. The summed E-state index contributed by atoms with van der Waals surface area (Å²) >= 11 is 5.82. The van der Waals surface area contributed by atoms with E-state index in [1.165, 1.54) is 12.4 Å². The van der Waals surface area contributed by atoms with Crippen molar-refractivity contribution in [1.29, 1.82) is 0 Å². The number of aryl methyl sites for hydroxylation is 1. The third-order valence-electron chi connectivity index (χ3n) is 2.64. The molecule has 0 amide bonds. The van der Waals surface area contributed by atoms with Gasteiger partial charge < -0.3 is 4.98 Å². The lowest BCUT2D eigenvalue weighted by Crippen LogP contribution is -1.94. The maximum absolute atomic E-state index is 13.9. The van der Waals surface area contributed by atoms with E-state index in [1.807, 2.05) is 6.92 Å². The molecule has 0 aliphatic heterocycles. The van der Waals surface area contributed by atoms with E-state index in [9.17, 15) is 4.39 Å². The van der Waals surface area contributed by atoms with Crippen LogP contribution in [0.1, 0.15) is 5.56 Å². The Morgan fingerprint density at radius 3 is 2.94 bits per heavy atom. The van der Waals surface area contributed by atoms with Gasteiger partial charge in [0.15, 0.2) is 5.65 Å². The molecule has 0 spiro atoms. The van der Waals surface area contributed by atoms with Gasteiger partial charge in [0.05, 0.1) is 6.33 Å². The van der Waals surface area contributed by atoms with Crippen LogP contribution in [0, 0.1) is 12.7 Å². The lowest BCUT2D eigenvalue weighted by atomic mass is 10.1. The van der Waals surface area contributed by atoms with E-state index in [0.717, 1.165) is 5.56 Å². The Balaban J connectivity index is 2.37. The van der Waals surface area contributed by atoms with E-state index in [4.69, 9.17) is 11.6 Å². The van der Waals surface area contributed by atoms with E-state index >= 15 is 0 Å². The van der Waals surface area contributed by atoms with E-state index in [2.05, 4.69) is 19.9 Å². The van der Waals surface area contributed by atoms with Crippen LogP contribution in [0.15, 0.2) is 24.5 Å². The molecule has 0 fully saturated rings. The number of hydrogen-bond acceptors (Lipinski definition) is 3. The number of halogens is 2. The standard InChI is InChI=1S/C12H8ClFN4/c1-6-2-3-8(14)7(4-6)9-10-11(16-5-15-10)18-12(13)17-9/h2-5H,1H3,(H,15,16,17,18). The summed E-state index contributed by atoms with van der Waals surface area (Å²) in [4.78, 5) is 15.0. The summed E-state index contributed by atoms with van der Waals surface area (Å²) in [7, 11) is 0. The number of benzene rings is 1. The Kier molecular flexibility index (Phi) is 2.48. The Labute approximate surface area is 107 Å². The van der Waals surface area contributed by atoms with Crippen LogP contribution in [-0.2, 0) is 0 Å². The molecule has 0 unspecified atom stereocenters. The lowest BCUT2D eigenvalue weighted by Gasteiger charge is -2.05. The summed E-state index contributed by atoms with van der Waals surface area (Å²) < 4.78 is 13.9. The summed E-state index contributed by atoms with van der Waals surface area (Å²) in [5.74, 6) is -0.355. The van der Waals surface area contributed by atoms with Gasteiger partial charge in [-0.25, -0.2) is 14.4 Å². The van der Waals surface area contributed by atoms with Gasteiger partial charge in [0.25, 0.3) is 0 Å². The lowest BCUT2D eigenvalue weighted by molar-refractivity contribution is 0.630. The van der Waals surface area contributed by atoms with Crippen molar-refractivity contribution in [2.75, 3.05) is 0 Å². The fourth-order valence-corrected chi connectivity index (χ4v) is 1.99. The summed E-state index contributed by atoms with van der Waals surface area (Å²) in [6, 6.07) is 4.82. The molecule has 0 bridgehead atoms. The minimum Gasteiger partial charge on any atom is -0.341 e. The molecule has 0 aliphatic carbocycles. The Hall–Kier alpha value is -2.01. The second kappa shape index (κ2) is 4.03. The molecule has 1 N–H and O–H groups in total. The topological polar surface area (TPSA) is 54.5 Å². The molecule has 2 aromatic heterocycles. The number of aromatic amines is 1. The zero-order valence-corrected chi connectivity index (χ0v) is 10.2. The van der Waals surface area contributed by atoms with Gasteiger partial charge >= 0.3 is 0 Å². The molecular weight excluding hydrogens is 255 g/mol. The number of nitrogens with one attached hydrogen (secondary N) is 1. The number of fused-ring (bicyclic) bond motifs is 1. The second-order valence-electron chi connectivity index (χ2n) is 3.93. The molecule has 3 aromatic rings. The fourth-order valence-electron chi connectivity index (χ4n) is 1.82. The molecule has 18 heavy (non-hydrogen) atoms. The predicted molar refractivity (Wildman–Crippen MR) is 66.8 cm³/mol. The third-order valence-corrected chi connectivity index (χ3v) is 2.80. The maximum Gasteiger partial charge on any atom is 0.225 e. The monoisotopic (exact) mass is 262 g/mol. The normalized spacial score (nSPS) is 11.1. The van der Waals surface area contributed by atoms with Gasteiger partial charge in [-0.05, 0) is 30.7 Å². The summed E-state index contributed by atoms with van der Waals surface area (Å²) in [5.41, 5.74) is 2.74. The van der Waals surface area contributed by atoms with E-state index in [-0.39, 0.29) is 11.1 Å². The third kappa shape index (κ3) is 1.73. The molecule has 2 heterocycles. The molecule has 6 heteroatoms. The summed E-state index contributed by atoms with van der Waals surface area (Å²) in [5, 5.41) is 0.0468. The van der Waals surface area contributed by atoms with Crippen LogP contribution in [0.3, 0.4) is 0 Å². The predicted octanol–water partition coefficient (Wildman–Crippen LogP) is 3.12. The average molecular weight is 263 g/mol. The summed E-state index contributed by atoms with van der Waals surface area (Å²) in [6.45, 7) is 1.88. The minimum atomic E-state index is -0.355. The zero-order valence-electron chi connectivity index (χ0n) is 9.41. The quantitative estimate of drug-likeness (QED) is 0.686. The van der Waals surface area contributed by atoms with Gasteiger partial charge in [-0.3, -0.25) is 0 Å². The fraction of sp³-hybridized carbons (Fsp3) is 0.0833. The van der Waals surface area contributed by atoms with Crippen molar-refractivity contribution in [3.8, 4) is 11.3 Å². The second-order valence-corrected chi connectivity index (χ2v) is 4.26. The van der Waals surface area contributed by atoms with E-state index < -0.39 is 0 Å². The largest absolute Gasteiger partial charge is 0.341 e. The van der Waals surface area contributed by atoms with Crippen molar-refractivity contribution in [3.05, 3.63) is 41.2 Å². The Bertz CT molecular complexity index is 738. The van der Waals surface area contributed by atoms with Crippen LogP contribution >= 0.6 is 11.6 Å². The van der Waals surface area contributed by atoms with Crippen LogP contribution in [0.25, 0.3) is 22.4 Å². The van der Waals surface area contributed by atoms with Crippen LogP contribution in [-0.4, -0.2) is 19.9 Å². The minimum absolute atomic E-state index is 0.0468. The highest BCUT2D eigenvalue weighted by atomic mass is 35.5. The van der Waals surface area contributed by atoms with E-state index in [0.29, 0.717) is 22.4 Å². The van der Waals surface area contributed by atoms with Crippen molar-refractivity contribution in [2.45, 2.75) is 6.92 Å². The van der Waals surface area contributed by atoms with Crippen molar-refractivity contribution in [2.24, 2.45) is 0 Å². The first kappa shape index (κ1) is 11.1. The Morgan fingerprint density at radius 2 is 2.11 bits per heavy atom. The first-order valence-corrected chi connectivity index (χ1v) is 5.66. The smallest absolute Gasteiger partial charge is 0.225 e. The van der Waals surface area contributed by atoms with Gasteiger partial charge in [-0.15, -0.1) is 0 Å².